The van der Waals surface area contributed by atoms with E-state index in [9.17, 15) is 0 Å². The van der Waals surface area contributed by atoms with Gasteiger partial charge >= 0.3 is 0 Å². The minimum atomic E-state index is 0.927. The molecule has 6 heteroatoms. The third-order valence-corrected chi connectivity index (χ3v) is 6.00. The van der Waals surface area contributed by atoms with Crippen LogP contribution >= 0.6 is 0 Å². The molecule has 4 aromatic heterocycles. The minimum absolute atomic E-state index is 0.927. The summed E-state index contributed by atoms with van der Waals surface area (Å²) < 4.78 is 0. The van der Waals surface area contributed by atoms with Crippen molar-refractivity contribution in [3.63, 3.8) is 0 Å². The molecular formula is C24H22N6. The van der Waals surface area contributed by atoms with Gasteiger partial charge in [-0.2, -0.15) is 5.10 Å². The summed E-state index contributed by atoms with van der Waals surface area (Å²) in [5.41, 5.74) is 6.28. The van der Waals surface area contributed by atoms with E-state index in [1.165, 1.54) is 19.3 Å². The number of fused-ring (bicyclic) bond motifs is 2. The number of nitrogens with one attached hydrogen (secondary N) is 2. The van der Waals surface area contributed by atoms with Crippen LogP contribution in [-0.4, -0.2) is 38.2 Å². The van der Waals surface area contributed by atoms with Gasteiger partial charge in [-0.3, -0.25) is 10.1 Å². The predicted molar refractivity (Wildman–Crippen MR) is 120 cm³/mol. The van der Waals surface area contributed by atoms with Gasteiger partial charge < -0.3 is 9.88 Å². The molecule has 5 heterocycles. The number of piperidine rings is 1. The van der Waals surface area contributed by atoms with Crippen molar-refractivity contribution in [1.82, 2.24) is 25.1 Å². The fourth-order valence-electron chi connectivity index (χ4n) is 4.46. The summed E-state index contributed by atoms with van der Waals surface area (Å²) in [5, 5.41) is 10.1. The summed E-state index contributed by atoms with van der Waals surface area (Å²) in [5.74, 6) is 1.07. The molecule has 30 heavy (non-hydrogen) atoms. The summed E-state index contributed by atoms with van der Waals surface area (Å²) in [6.45, 7) is 2.15. The summed E-state index contributed by atoms with van der Waals surface area (Å²) >= 11 is 0. The van der Waals surface area contributed by atoms with Crippen molar-refractivity contribution in [3.8, 4) is 22.5 Å². The molecule has 0 bridgehead atoms. The molecule has 1 fully saturated rings. The van der Waals surface area contributed by atoms with Gasteiger partial charge in [0.15, 0.2) is 0 Å². The zero-order chi connectivity index (χ0) is 19.9. The summed E-state index contributed by atoms with van der Waals surface area (Å²) in [4.78, 5) is 14.9. The Bertz CT molecular complexity index is 1330. The fourth-order valence-corrected chi connectivity index (χ4v) is 4.46. The summed E-state index contributed by atoms with van der Waals surface area (Å²) in [6.07, 6.45) is 9.36. The Kier molecular flexibility index (Phi) is 4.01. The first kappa shape index (κ1) is 17.2. The molecule has 0 saturated carbocycles. The lowest BCUT2D eigenvalue weighted by molar-refractivity contribution is 0.575. The van der Waals surface area contributed by atoms with Crippen molar-refractivity contribution in [2.75, 3.05) is 18.0 Å². The first-order valence-electron chi connectivity index (χ1n) is 10.5. The SMILES string of the molecule is c1cncc(-c2ccc3[nH]nc(-c4cc5c(N6CCCCC6)nccc5[nH]4)c3c2)c1. The Hall–Kier alpha value is -3.67. The molecule has 6 rings (SSSR count). The smallest absolute Gasteiger partial charge is 0.137 e. The maximum absolute atomic E-state index is 4.71. The van der Waals surface area contributed by atoms with Crippen LogP contribution in [0.1, 0.15) is 19.3 Å². The van der Waals surface area contributed by atoms with Crippen molar-refractivity contribution >= 4 is 27.6 Å². The van der Waals surface area contributed by atoms with E-state index in [1.54, 1.807) is 6.20 Å². The van der Waals surface area contributed by atoms with Crippen LogP contribution in [0.4, 0.5) is 5.82 Å². The molecule has 2 N–H and O–H groups in total. The lowest BCUT2D eigenvalue weighted by Gasteiger charge is -2.28. The third kappa shape index (κ3) is 2.84. The van der Waals surface area contributed by atoms with E-state index in [4.69, 9.17) is 4.98 Å². The average molecular weight is 394 g/mol. The number of hydrogen-bond donors (Lipinski definition) is 2. The number of benzene rings is 1. The zero-order valence-corrected chi connectivity index (χ0v) is 16.6. The summed E-state index contributed by atoms with van der Waals surface area (Å²) in [7, 11) is 0. The highest BCUT2D eigenvalue weighted by Gasteiger charge is 2.18. The van der Waals surface area contributed by atoms with Crippen molar-refractivity contribution in [3.05, 3.63) is 61.1 Å². The normalized spacial score (nSPS) is 14.6. The molecule has 0 spiro atoms. The molecule has 0 unspecified atom stereocenters. The number of hydrogen-bond acceptors (Lipinski definition) is 4. The molecular weight excluding hydrogens is 372 g/mol. The molecule has 1 aromatic carbocycles. The Morgan fingerprint density at radius 2 is 1.77 bits per heavy atom. The van der Waals surface area contributed by atoms with E-state index in [-0.39, 0.29) is 0 Å². The molecule has 0 atom stereocenters. The second-order valence-corrected chi connectivity index (χ2v) is 7.90. The quantitative estimate of drug-likeness (QED) is 0.443. The maximum Gasteiger partial charge on any atom is 0.137 e. The van der Waals surface area contributed by atoms with Crippen LogP contribution in [0.5, 0.6) is 0 Å². The first-order valence-corrected chi connectivity index (χ1v) is 10.5. The number of aromatic amines is 2. The third-order valence-electron chi connectivity index (χ3n) is 6.00. The van der Waals surface area contributed by atoms with Gasteiger partial charge in [0, 0.05) is 48.0 Å². The number of rotatable bonds is 3. The van der Waals surface area contributed by atoms with Gasteiger partial charge in [-0.1, -0.05) is 12.1 Å². The van der Waals surface area contributed by atoms with Crippen LogP contribution in [0.3, 0.4) is 0 Å². The largest absolute Gasteiger partial charge is 0.356 e. The van der Waals surface area contributed by atoms with Gasteiger partial charge in [0.25, 0.3) is 0 Å². The Balaban J connectivity index is 1.47. The van der Waals surface area contributed by atoms with Gasteiger partial charge in [0.1, 0.15) is 11.5 Å². The van der Waals surface area contributed by atoms with Crippen molar-refractivity contribution in [1.29, 1.82) is 0 Å². The standard InChI is InChI=1S/C24H22N6/c1-2-11-30(12-3-1)24-19-14-22(27-20(19)8-10-26-24)23-18-13-16(6-7-21(18)28-29-23)17-5-4-9-25-15-17/h4-10,13-15,27H,1-3,11-12H2,(H,28,29). The van der Waals surface area contributed by atoms with Crippen LogP contribution in [-0.2, 0) is 0 Å². The highest BCUT2D eigenvalue weighted by atomic mass is 15.2. The van der Waals surface area contributed by atoms with Crippen LogP contribution in [0.2, 0.25) is 0 Å². The van der Waals surface area contributed by atoms with Crippen LogP contribution < -0.4 is 4.90 Å². The van der Waals surface area contributed by atoms with Crippen molar-refractivity contribution in [2.24, 2.45) is 0 Å². The van der Waals surface area contributed by atoms with E-state index in [0.29, 0.717) is 0 Å². The van der Waals surface area contributed by atoms with Crippen molar-refractivity contribution in [2.45, 2.75) is 19.3 Å². The van der Waals surface area contributed by atoms with E-state index in [2.05, 4.69) is 55.4 Å². The molecule has 1 aliphatic rings. The predicted octanol–water partition coefficient (Wildman–Crippen LogP) is 5.16. The molecule has 1 aliphatic heterocycles. The molecule has 6 nitrogen and oxygen atoms in total. The van der Waals surface area contributed by atoms with E-state index in [0.717, 1.165) is 63.2 Å². The van der Waals surface area contributed by atoms with Gasteiger partial charge in [0.05, 0.1) is 16.7 Å². The van der Waals surface area contributed by atoms with Gasteiger partial charge in [-0.25, -0.2) is 4.98 Å². The van der Waals surface area contributed by atoms with E-state index < -0.39 is 0 Å². The zero-order valence-electron chi connectivity index (χ0n) is 16.6. The Morgan fingerprint density at radius 1 is 0.833 bits per heavy atom. The fraction of sp³-hybridized carbons (Fsp3) is 0.208. The summed E-state index contributed by atoms with van der Waals surface area (Å²) in [6, 6.07) is 14.6. The average Bonchev–Trinajstić information content (AvgIpc) is 3.43. The van der Waals surface area contributed by atoms with Gasteiger partial charge in [0.2, 0.25) is 0 Å². The molecule has 5 aromatic rings. The number of anilines is 1. The Labute approximate surface area is 174 Å². The topological polar surface area (TPSA) is 73.5 Å². The van der Waals surface area contributed by atoms with Crippen LogP contribution in [0.25, 0.3) is 44.3 Å². The molecule has 148 valence electrons. The van der Waals surface area contributed by atoms with Gasteiger partial charge in [-0.15, -0.1) is 0 Å². The molecule has 0 amide bonds. The monoisotopic (exact) mass is 394 g/mol. The number of H-pyrrole nitrogens is 2. The second kappa shape index (κ2) is 6.99. The minimum Gasteiger partial charge on any atom is -0.356 e. The highest BCUT2D eigenvalue weighted by Crippen LogP contribution is 2.34. The van der Waals surface area contributed by atoms with Gasteiger partial charge in [-0.05, 0) is 55.2 Å². The first-order chi connectivity index (χ1) is 14.9. The number of nitrogens with zero attached hydrogens (tertiary/aromatic N) is 4. The van der Waals surface area contributed by atoms with Crippen LogP contribution in [0, 0.1) is 0 Å². The lowest BCUT2D eigenvalue weighted by atomic mass is 10.0. The van der Waals surface area contributed by atoms with Crippen molar-refractivity contribution < 1.29 is 0 Å². The molecule has 1 saturated heterocycles. The maximum atomic E-state index is 4.71. The second-order valence-electron chi connectivity index (χ2n) is 7.90. The molecule has 0 aliphatic carbocycles. The molecule has 0 radical (unpaired) electrons. The lowest BCUT2D eigenvalue weighted by Crippen LogP contribution is -2.30. The van der Waals surface area contributed by atoms with E-state index >= 15 is 0 Å². The number of aromatic nitrogens is 5. The van der Waals surface area contributed by atoms with E-state index in [1.807, 2.05) is 24.5 Å². The Morgan fingerprint density at radius 3 is 2.63 bits per heavy atom. The van der Waals surface area contributed by atoms with Crippen LogP contribution in [0.15, 0.2) is 61.1 Å². The highest BCUT2D eigenvalue weighted by molar-refractivity contribution is 6.00. The number of pyridine rings is 2.